The van der Waals surface area contributed by atoms with Crippen LogP contribution in [0.1, 0.15) is 23.6 Å². The van der Waals surface area contributed by atoms with Crippen molar-refractivity contribution in [3.63, 3.8) is 0 Å². The first-order chi connectivity index (χ1) is 11.6. The molecule has 1 saturated heterocycles. The standard InChI is InChI=1S/C16H15Cl2N5O/c17-12-4-11(5-13(18)6-12)14-7-15(22-21-14)16(24)23-20-9-10-2-1-3-19-8-10/h1-6,8-9,14-15,21-22H,7H2,(H,23,24)/b20-9+. The van der Waals surface area contributed by atoms with E-state index in [1.165, 1.54) is 0 Å². The molecule has 1 amide bonds. The molecule has 1 aromatic carbocycles. The first kappa shape index (κ1) is 16.9. The summed E-state index contributed by atoms with van der Waals surface area (Å²) < 4.78 is 0. The van der Waals surface area contributed by atoms with Crippen molar-refractivity contribution in [3.05, 3.63) is 63.9 Å². The van der Waals surface area contributed by atoms with E-state index < -0.39 is 6.04 Å². The molecule has 24 heavy (non-hydrogen) atoms. The highest BCUT2D eigenvalue weighted by Crippen LogP contribution is 2.27. The van der Waals surface area contributed by atoms with Gasteiger partial charge in [0.15, 0.2) is 0 Å². The van der Waals surface area contributed by atoms with Gasteiger partial charge in [0.2, 0.25) is 0 Å². The topological polar surface area (TPSA) is 78.4 Å². The van der Waals surface area contributed by atoms with Crippen molar-refractivity contribution in [3.8, 4) is 0 Å². The molecule has 1 aromatic heterocycles. The number of aromatic nitrogens is 1. The summed E-state index contributed by atoms with van der Waals surface area (Å²) in [5.74, 6) is -0.224. The number of carbonyl (C=O) groups excluding carboxylic acids is 1. The predicted molar refractivity (Wildman–Crippen MR) is 93.9 cm³/mol. The molecule has 0 saturated carbocycles. The fourth-order valence-corrected chi connectivity index (χ4v) is 2.97. The van der Waals surface area contributed by atoms with E-state index >= 15 is 0 Å². The van der Waals surface area contributed by atoms with Crippen LogP contribution < -0.4 is 16.3 Å². The maximum Gasteiger partial charge on any atom is 0.258 e. The van der Waals surface area contributed by atoms with Crippen molar-refractivity contribution in [1.82, 2.24) is 21.3 Å². The van der Waals surface area contributed by atoms with Crippen LogP contribution >= 0.6 is 23.2 Å². The summed E-state index contributed by atoms with van der Waals surface area (Å²) in [6.45, 7) is 0. The third-order valence-electron chi connectivity index (χ3n) is 3.58. The largest absolute Gasteiger partial charge is 0.271 e. The van der Waals surface area contributed by atoms with E-state index in [1.54, 1.807) is 30.7 Å². The molecule has 0 spiro atoms. The van der Waals surface area contributed by atoms with Crippen LogP contribution in [0.5, 0.6) is 0 Å². The SMILES string of the molecule is O=C(N/N=C/c1cccnc1)C1CC(c2cc(Cl)cc(Cl)c2)NN1. The zero-order valence-electron chi connectivity index (χ0n) is 12.5. The second-order valence-electron chi connectivity index (χ2n) is 5.35. The average Bonchev–Trinajstić information content (AvgIpc) is 3.05. The highest BCUT2D eigenvalue weighted by Gasteiger charge is 2.30. The Morgan fingerprint density at radius 2 is 2.08 bits per heavy atom. The highest BCUT2D eigenvalue weighted by atomic mass is 35.5. The zero-order valence-corrected chi connectivity index (χ0v) is 14.1. The molecular weight excluding hydrogens is 349 g/mol. The van der Waals surface area contributed by atoms with Crippen molar-refractivity contribution in [2.24, 2.45) is 5.10 Å². The third kappa shape index (κ3) is 4.30. The number of amides is 1. The number of pyridine rings is 1. The number of hydrogen-bond donors (Lipinski definition) is 3. The number of nitrogens with zero attached hydrogens (tertiary/aromatic N) is 2. The Kier molecular flexibility index (Phi) is 5.42. The van der Waals surface area contributed by atoms with Crippen LogP contribution in [0.4, 0.5) is 0 Å². The Morgan fingerprint density at radius 3 is 2.79 bits per heavy atom. The monoisotopic (exact) mass is 363 g/mol. The number of carbonyl (C=O) groups is 1. The Balaban J connectivity index is 1.57. The average molecular weight is 364 g/mol. The number of hydrazine groups is 1. The van der Waals surface area contributed by atoms with Gasteiger partial charge in [-0.25, -0.2) is 16.3 Å². The van der Waals surface area contributed by atoms with Gasteiger partial charge in [-0.3, -0.25) is 9.78 Å². The molecule has 0 aliphatic carbocycles. The van der Waals surface area contributed by atoms with E-state index in [0.29, 0.717) is 16.5 Å². The van der Waals surface area contributed by atoms with Crippen molar-refractivity contribution in [2.45, 2.75) is 18.5 Å². The summed E-state index contributed by atoms with van der Waals surface area (Å²) in [4.78, 5) is 16.1. The van der Waals surface area contributed by atoms with Crippen LogP contribution in [-0.2, 0) is 4.79 Å². The summed E-state index contributed by atoms with van der Waals surface area (Å²) in [6, 6.07) is 8.51. The summed E-state index contributed by atoms with van der Waals surface area (Å²) >= 11 is 12.0. The molecule has 8 heteroatoms. The molecule has 2 heterocycles. The second kappa shape index (κ2) is 7.72. The minimum atomic E-state index is -0.404. The van der Waals surface area contributed by atoms with Gasteiger partial charge in [0.05, 0.1) is 6.21 Å². The minimum Gasteiger partial charge on any atom is -0.271 e. The highest BCUT2D eigenvalue weighted by molar-refractivity contribution is 6.34. The lowest BCUT2D eigenvalue weighted by atomic mass is 10.0. The van der Waals surface area contributed by atoms with E-state index in [4.69, 9.17) is 23.2 Å². The third-order valence-corrected chi connectivity index (χ3v) is 4.02. The maximum atomic E-state index is 12.2. The van der Waals surface area contributed by atoms with Crippen LogP contribution in [0, 0.1) is 0 Å². The van der Waals surface area contributed by atoms with Gasteiger partial charge in [0.25, 0.3) is 5.91 Å². The van der Waals surface area contributed by atoms with Crippen molar-refractivity contribution in [1.29, 1.82) is 0 Å². The van der Waals surface area contributed by atoms with Gasteiger partial charge in [0.1, 0.15) is 6.04 Å². The second-order valence-corrected chi connectivity index (χ2v) is 6.23. The quantitative estimate of drug-likeness (QED) is 0.575. The van der Waals surface area contributed by atoms with Gasteiger partial charge < -0.3 is 0 Å². The fourth-order valence-electron chi connectivity index (χ4n) is 2.42. The molecule has 1 fully saturated rings. The van der Waals surface area contributed by atoms with Crippen LogP contribution in [-0.4, -0.2) is 23.1 Å². The van der Waals surface area contributed by atoms with Crippen molar-refractivity contribution < 1.29 is 4.79 Å². The molecule has 0 radical (unpaired) electrons. The van der Waals surface area contributed by atoms with E-state index in [1.807, 2.05) is 18.2 Å². The smallest absolute Gasteiger partial charge is 0.258 e. The molecule has 1 aliphatic heterocycles. The van der Waals surface area contributed by atoms with Gasteiger partial charge in [-0.15, -0.1) is 0 Å². The number of benzene rings is 1. The fraction of sp³-hybridized carbons (Fsp3) is 0.188. The molecule has 6 nitrogen and oxygen atoms in total. The number of nitrogens with one attached hydrogen (secondary N) is 3. The molecule has 2 unspecified atom stereocenters. The van der Waals surface area contributed by atoms with Crippen molar-refractivity contribution >= 4 is 35.3 Å². The molecule has 124 valence electrons. The van der Waals surface area contributed by atoms with Gasteiger partial charge in [-0.2, -0.15) is 5.10 Å². The summed E-state index contributed by atoms with van der Waals surface area (Å²) in [5.41, 5.74) is 10.3. The molecule has 3 rings (SSSR count). The van der Waals surface area contributed by atoms with E-state index in [9.17, 15) is 4.79 Å². The maximum absolute atomic E-state index is 12.2. The Bertz CT molecular complexity index is 733. The van der Waals surface area contributed by atoms with E-state index in [2.05, 4.69) is 26.4 Å². The first-order valence-corrected chi connectivity index (χ1v) is 8.07. The lowest BCUT2D eigenvalue weighted by Crippen LogP contribution is -2.41. The summed E-state index contributed by atoms with van der Waals surface area (Å²) in [6.07, 6.45) is 5.43. The molecule has 3 N–H and O–H groups in total. The van der Waals surface area contributed by atoms with Gasteiger partial charge >= 0.3 is 0 Å². The van der Waals surface area contributed by atoms with E-state index in [0.717, 1.165) is 11.1 Å². The van der Waals surface area contributed by atoms with Gasteiger partial charge in [-0.1, -0.05) is 29.3 Å². The molecule has 1 aliphatic rings. The summed E-state index contributed by atoms with van der Waals surface area (Å²) in [5, 5.41) is 5.06. The van der Waals surface area contributed by atoms with Crippen LogP contribution in [0.15, 0.2) is 47.8 Å². The molecule has 2 aromatic rings. The summed E-state index contributed by atoms with van der Waals surface area (Å²) in [7, 11) is 0. The Hall–Kier alpha value is -1.99. The molecule has 0 bridgehead atoms. The van der Waals surface area contributed by atoms with Gasteiger partial charge in [0, 0.05) is 34.0 Å². The Morgan fingerprint density at radius 1 is 1.29 bits per heavy atom. The first-order valence-electron chi connectivity index (χ1n) is 7.32. The number of hydrazone groups is 1. The number of hydrogen-bond acceptors (Lipinski definition) is 5. The number of rotatable bonds is 4. The van der Waals surface area contributed by atoms with Crippen LogP contribution in [0.2, 0.25) is 10.0 Å². The lowest BCUT2D eigenvalue weighted by molar-refractivity contribution is -0.122. The zero-order chi connectivity index (χ0) is 16.9. The van der Waals surface area contributed by atoms with E-state index in [-0.39, 0.29) is 11.9 Å². The molecule has 2 atom stereocenters. The van der Waals surface area contributed by atoms with Gasteiger partial charge in [-0.05, 0) is 36.2 Å². The van der Waals surface area contributed by atoms with Crippen molar-refractivity contribution in [2.75, 3.05) is 0 Å². The molecular formula is C16H15Cl2N5O. The van der Waals surface area contributed by atoms with Crippen LogP contribution in [0.3, 0.4) is 0 Å². The predicted octanol–water partition coefficient (Wildman–Crippen LogP) is 2.45. The lowest BCUT2D eigenvalue weighted by Gasteiger charge is -2.10. The normalized spacial score (nSPS) is 20.4. The minimum absolute atomic E-state index is 0.0562. The van der Waals surface area contributed by atoms with Crippen LogP contribution in [0.25, 0.3) is 0 Å². The Labute approximate surface area is 149 Å². The number of halogens is 2.